The average Bonchev–Trinajstić information content (AvgIpc) is 2.83. The third-order valence-corrected chi connectivity index (χ3v) is 10.0. The van der Waals surface area contributed by atoms with Crippen molar-refractivity contribution in [2.45, 2.75) is 84.4 Å². The summed E-state index contributed by atoms with van der Waals surface area (Å²) >= 11 is 0. The van der Waals surface area contributed by atoms with Crippen LogP contribution in [0.1, 0.15) is 75.2 Å². The number of hydrogen-bond acceptors (Lipinski definition) is 2. The first kappa shape index (κ1) is 29.4. The van der Waals surface area contributed by atoms with Crippen LogP contribution in [0, 0.1) is 17.8 Å². The average molecular weight is 534 g/mol. The van der Waals surface area contributed by atoms with Gasteiger partial charge in [-0.15, -0.1) is 0 Å². The van der Waals surface area contributed by atoms with Gasteiger partial charge in [-0.1, -0.05) is 82.0 Å². The van der Waals surface area contributed by atoms with E-state index in [9.17, 15) is 23.1 Å². The Labute approximate surface area is 221 Å². The van der Waals surface area contributed by atoms with Crippen LogP contribution in [0.3, 0.4) is 0 Å². The number of nitrogens with zero attached hydrogens (tertiary/aromatic N) is 1. The largest absolute Gasteiger partial charge is 0.481 e. The minimum Gasteiger partial charge on any atom is -0.481 e. The first-order chi connectivity index (χ1) is 17.2. The number of likely N-dealkylation sites (tertiary alicyclic amines) is 1. The van der Waals surface area contributed by atoms with Gasteiger partial charge in [-0.05, 0) is 67.3 Å². The summed E-state index contributed by atoms with van der Waals surface area (Å²) in [6, 6.07) is 14.4. The van der Waals surface area contributed by atoms with Crippen molar-refractivity contribution < 1.29 is 23.1 Å². The van der Waals surface area contributed by atoms with Crippen molar-refractivity contribution in [3.05, 3.63) is 65.2 Å². The first-order valence-corrected chi connectivity index (χ1v) is 16.9. The summed E-state index contributed by atoms with van der Waals surface area (Å²) in [7, 11) is -1.47. The third kappa shape index (κ3) is 7.47. The number of benzene rings is 2. The van der Waals surface area contributed by atoms with Gasteiger partial charge in [-0.2, -0.15) is 13.2 Å². The molecule has 2 aromatic rings. The molecule has 3 rings (SSSR count). The summed E-state index contributed by atoms with van der Waals surface area (Å²) in [6.07, 6.45) is -1.09. The van der Waals surface area contributed by atoms with Gasteiger partial charge in [0.15, 0.2) is 0 Å². The molecule has 3 nitrogen and oxygen atoms in total. The van der Waals surface area contributed by atoms with Crippen LogP contribution in [0.4, 0.5) is 13.2 Å². The van der Waals surface area contributed by atoms with E-state index in [2.05, 4.69) is 62.7 Å². The zero-order chi connectivity index (χ0) is 27.5. The van der Waals surface area contributed by atoms with Crippen LogP contribution in [0.25, 0.3) is 0 Å². The van der Waals surface area contributed by atoms with Crippen molar-refractivity contribution in [1.82, 2.24) is 4.90 Å². The highest BCUT2D eigenvalue weighted by Crippen LogP contribution is 2.44. The van der Waals surface area contributed by atoms with Crippen molar-refractivity contribution in [3.63, 3.8) is 0 Å². The van der Waals surface area contributed by atoms with Gasteiger partial charge in [-0.3, -0.25) is 9.69 Å². The second-order valence-electron chi connectivity index (χ2n) is 12.1. The highest BCUT2D eigenvalue weighted by molar-refractivity contribution is 6.88. The number of carboxylic acid groups (broad SMARTS) is 1. The fourth-order valence-electron chi connectivity index (χ4n) is 5.48. The molecule has 37 heavy (non-hydrogen) atoms. The topological polar surface area (TPSA) is 40.5 Å². The number of aliphatic carboxylic acids is 1. The molecule has 0 aromatic heterocycles. The van der Waals surface area contributed by atoms with Crippen molar-refractivity contribution in [2.24, 2.45) is 17.8 Å². The van der Waals surface area contributed by atoms with Crippen LogP contribution in [0.5, 0.6) is 0 Å². The molecule has 0 spiro atoms. The highest BCUT2D eigenvalue weighted by atomic mass is 28.3. The van der Waals surface area contributed by atoms with Crippen LogP contribution in [-0.2, 0) is 11.0 Å². The van der Waals surface area contributed by atoms with Crippen molar-refractivity contribution >= 4 is 19.2 Å². The molecular formula is C30H42F3NO2Si. The zero-order valence-corrected chi connectivity index (χ0v) is 24.0. The molecule has 1 aliphatic heterocycles. The highest BCUT2D eigenvalue weighted by Gasteiger charge is 2.38. The SMILES string of the molecule is CC(C)CC[C@H](c1ccc(C(F)(F)F)cc1)N1CC[C@H](C(C)C(=O)O)C[C@H]1c1ccc([Si](C)(C)C)cc1. The van der Waals surface area contributed by atoms with Crippen molar-refractivity contribution in [1.29, 1.82) is 0 Å². The summed E-state index contributed by atoms with van der Waals surface area (Å²) < 4.78 is 39.8. The number of rotatable bonds is 9. The number of carboxylic acids is 1. The van der Waals surface area contributed by atoms with E-state index >= 15 is 0 Å². The molecule has 1 heterocycles. The van der Waals surface area contributed by atoms with Crippen LogP contribution in [-0.4, -0.2) is 30.6 Å². The molecule has 2 aromatic carbocycles. The lowest BCUT2D eigenvalue weighted by molar-refractivity contribution is -0.144. The number of piperidine rings is 1. The van der Waals surface area contributed by atoms with Gasteiger partial charge in [0.05, 0.1) is 19.6 Å². The van der Waals surface area contributed by atoms with E-state index in [0.29, 0.717) is 12.5 Å². The lowest BCUT2D eigenvalue weighted by Crippen LogP contribution is -2.42. The van der Waals surface area contributed by atoms with Gasteiger partial charge in [0.25, 0.3) is 0 Å². The van der Waals surface area contributed by atoms with E-state index in [1.807, 2.05) is 0 Å². The van der Waals surface area contributed by atoms with Gasteiger partial charge in [0, 0.05) is 12.1 Å². The molecule has 0 aliphatic carbocycles. The normalized spacial score (nSPS) is 21.1. The Kier molecular flexibility index (Phi) is 9.33. The summed E-state index contributed by atoms with van der Waals surface area (Å²) in [5.41, 5.74) is 1.42. The third-order valence-electron chi connectivity index (χ3n) is 7.98. The van der Waals surface area contributed by atoms with Crippen molar-refractivity contribution in [3.8, 4) is 0 Å². The maximum absolute atomic E-state index is 13.3. The fourth-order valence-corrected chi connectivity index (χ4v) is 6.65. The number of carbonyl (C=O) groups is 1. The summed E-state index contributed by atoms with van der Waals surface area (Å²) in [6.45, 7) is 13.8. The molecule has 0 saturated carbocycles. The summed E-state index contributed by atoms with van der Waals surface area (Å²) in [5, 5.41) is 11.1. The van der Waals surface area contributed by atoms with Gasteiger partial charge in [-0.25, -0.2) is 0 Å². The van der Waals surface area contributed by atoms with E-state index in [1.165, 1.54) is 17.3 Å². The number of hydrogen-bond donors (Lipinski definition) is 1. The first-order valence-electron chi connectivity index (χ1n) is 13.4. The maximum Gasteiger partial charge on any atom is 0.416 e. The second-order valence-corrected chi connectivity index (χ2v) is 17.2. The predicted octanol–water partition coefficient (Wildman–Crippen LogP) is 7.90. The van der Waals surface area contributed by atoms with Gasteiger partial charge in [0.1, 0.15) is 0 Å². The monoisotopic (exact) mass is 533 g/mol. The Hall–Kier alpha value is -2.12. The van der Waals surface area contributed by atoms with E-state index in [1.54, 1.807) is 19.1 Å². The van der Waals surface area contributed by atoms with E-state index in [0.717, 1.165) is 36.8 Å². The van der Waals surface area contributed by atoms with E-state index < -0.39 is 31.7 Å². The molecule has 0 amide bonds. The number of alkyl halides is 3. The zero-order valence-electron chi connectivity index (χ0n) is 23.0. The standard InChI is InChI=1S/C30H42F3NO2Si/c1-20(2)7-16-27(22-8-12-25(13-9-22)30(31,32)33)34-18-17-24(21(3)29(35)36)19-28(34)23-10-14-26(15-11-23)37(4,5)6/h8-15,20-21,24,27-28H,7,16-19H2,1-6H3,(H,35,36)/t21?,24-,27+,28-/m0/s1. The lowest BCUT2D eigenvalue weighted by atomic mass is 9.78. The smallest absolute Gasteiger partial charge is 0.416 e. The molecule has 1 aliphatic rings. The van der Waals surface area contributed by atoms with Crippen LogP contribution in [0.2, 0.25) is 19.6 Å². The van der Waals surface area contributed by atoms with Crippen molar-refractivity contribution in [2.75, 3.05) is 6.54 Å². The van der Waals surface area contributed by atoms with Crippen LogP contribution >= 0.6 is 0 Å². The van der Waals surface area contributed by atoms with Crippen LogP contribution < -0.4 is 5.19 Å². The van der Waals surface area contributed by atoms with Gasteiger partial charge >= 0.3 is 12.1 Å². The molecule has 4 atom stereocenters. The van der Waals surface area contributed by atoms with Gasteiger partial charge in [0.2, 0.25) is 0 Å². The van der Waals surface area contributed by atoms with E-state index in [4.69, 9.17) is 0 Å². The summed E-state index contributed by atoms with van der Waals surface area (Å²) in [5.74, 6) is -0.693. The lowest BCUT2D eigenvalue weighted by Gasteiger charge is -2.45. The molecule has 0 radical (unpaired) electrons. The molecular weight excluding hydrogens is 491 g/mol. The van der Waals surface area contributed by atoms with Gasteiger partial charge < -0.3 is 5.11 Å². The van der Waals surface area contributed by atoms with E-state index in [-0.39, 0.29) is 18.0 Å². The second kappa shape index (κ2) is 11.7. The molecule has 1 N–H and O–H groups in total. The maximum atomic E-state index is 13.3. The Morgan fingerprint density at radius 1 is 1.00 bits per heavy atom. The van der Waals surface area contributed by atoms with Crippen LogP contribution in [0.15, 0.2) is 48.5 Å². The minimum atomic E-state index is -4.36. The minimum absolute atomic E-state index is 0.00990. The molecule has 1 fully saturated rings. The Morgan fingerprint density at radius 2 is 1.59 bits per heavy atom. The molecule has 7 heteroatoms. The summed E-state index contributed by atoms with van der Waals surface area (Å²) in [4.78, 5) is 14.3. The Balaban J connectivity index is 2.02. The molecule has 204 valence electrons. The molecule has 1 unspecified atom stereocenters. The Bertz CT molecular complexity index is 1030. The Morgan fingerprint density at radius 3 is 2.08 bits per heavy atom. The fraction of sp³-hybridized carbons (Fsp3) is 0.567. The number of halogens is 3. The predicted molar refractivity (Wildman–Crippen MR) is 147 cm³/mol. The molecule has 1 saturated heterocycles. The quantitative estimate of drug-likeness (QED) is 0.333. The molecule has 0 bridgehead atoms.